The summed E-state index contributed by atoms with van der Waals surface area (Å²) in [5.74, 6) is 0.120. The van der Waals surface area contributed by atoms with Crippen molar-refractivity contribution in [1.82, 2.24) is 5.01 Å². The number of rotatable bonds is 6. The molecule has 0 heterocycles. The standard InChI is InChI=1S/C19H19N3O2/c1-16(23)22(14-8-13-20)21-19(18-11-6-3-7-12-18)24-15-17-9-4-2-5-10-17/h2-7,9-12H,8,14-15H2,1H3. The molecule has 0 aliphatic carbocycles. The SMILES string of the molecule is CC(=O)N(CCC#N)N=C(OCc1ccccc1)c1ccccc1. The molecule has 0 aliphatic rings. The third-order valence-electron chi connectivity index (χ3n) is 3.25. The van der Waals surface area contributed by atoms with Gasteiger partial charge in [0.2, 0.25) is 11.8 Å². The Hall–Kier alpha value is -3.13. The Morgan fingerprint density at radius 2 is 1.75 bits per heavy atom. The van der Waals surface area contributed by atoms with Crippen molar-refractivity contribution in [3.63, 3.8) is 0 Å². The minimum absolute atomic E-state index is 0.212. The number of nitrogens with zero attached hydrogens (tertiary/aromatic N) is 3. The van der Waals surface area contributed by atoms with E-state index in [9.17, 15) is 4.79 Å². The lowest BCUT2D eigenvalue weighted by molar-refractivity contribution is -0.128. The van der Waals surface area contributed by atoms with Gasteiger partial charge >= 0.3 is 0 Å². The summed E-state index contributed by atoms with van der Waals surface area (Å²) in [6.07, 6.45) is 0.212. The van der Waals surface area contributed by atoms with Gasteiger partial charge in [0.05, 0.1) is 19.0 Å². The van der Waals surface area contributed by atoms with Gasteiger partial charge in [-0.2, -0.15) is 5.26 Å². The predicted octanol–water partition coefficient (Wildman–Crippen LogP) is 3.33. The van der Waals surface area contributed by atoms with Crippen LogP contribution < -0.4 is 0 Å². The molecular weight excluding hydrogens is 302 g/mol. The molecule has 0 aliphatic heterocycles. The average Bonchev–Trinajstić information content (AvgIpc) is 2.62. The highest BCUT2D eigenvalue weighted by atomic mass is 16.5. The molecule has 0 aromatic heterocycles. The molecule has 2 aromatic carbocycles. The molecule has 122 valence electrons. The first-order chi connectivity index (χ1) is 11.7. The first kappa shape index (κ1) is 17.2. The maximum absolute atomic E-state index is 11.7. The minimum atomic E-state index is -0.234. The third kappa shape index (κ3) is 5.25. The second-order valence-corrected chi connectivity index (χ2v) is 5.10. The van der Waals surface area contributed by atoms with Crippen LogP contribution in [0.25, 0.3) is 0 Å². The van der Waals surface area contributed by atoms with E-state index in [-0.39, 0.29) is 18.9 Å². The number of hydrogen-bond donors (Lipinski definition) is 0. The molecule has 0 bridgehead atoms. The van der Waals surface area contributed by atoms with E-state index < -0.39 is 0 Å². The van der Waals surface area contributed by atoms with E-state index in [2.05, 4.69) is 5.10 Å². The minimum Gasteiger partial charge on any atom is -0.471 e. The van der Waals surface area contributed by atoms with Crippen LogP contribution in [0.1, 0.15) is 24.5 Å². The van der Waals surface area contributed by atoms with Crippen LogP contribution in [0.2, 0.25) is 0 Å². The van der Waals surface area contributed by atoms with E-state index in [1.54, 1.807) is 0 Å². The largest absolute Gasteiger partial charge is 0.471 e. The maximum Gasteiger partial charge on any atom is 0.239 e. The van der Waals surface area contributed by atoms with Crippen LogP contribution in [0, 0.1) is 11.3 Å². The molecule has 24 heavy (non-hydrogen) atoms. The number of carbonyl (C=O) groups excluding carboxylic acids is 1. The molecule has 0 unspecified atom stereocenters. The highest BCUT2D eigenvalue weighted by Crippen LogP contribution is 2.09. The molecular formula is C19H19N3O2. The third-order valence-corrected chi connectivity index (χ3v) is 3.25. The van der Waals surface area contributed by atoms with Crippen LogP contribution in [0.3, 0.4) is 0 Å². The maximum atomic E-state index is 11.7. The van der Waals surface area contributed by atoms with Crippen LogP contribution in [-0.4, -0.2) is 23.4 Å². The van der Waals surface area contributed by atoms with E-state index >= 15 is 0 Å². The summed E-state index contributed by atoms with van der Waals surface area (Å²) in [6.45, 7) is 2.00. The highest BCUT2D eigenvalue weighted by molar-refractivity contribution is 5.94. The molecule has 2 rings (SSSR count). The average molecular weight is 321 g/mol. The summed E-state index contributed by atoms with van der Waals surface area (Å²) in [5, 5.41) is 14.3. The quantitative estimate of drug-likeness (QED) is 0.466. The molecule has 0 saturated carbocycles. The van der Waals surface area contributed by atoms with Gasteiger partial charge in [-0.05, 0) is 17.7 Å². The Morgan fingerprint density at radius 1 is 1.12 bits per heavy atom. The highest BCUT2D eigenvalue weighted by Gasteiger charge is 2.12. The topological polar surface area (TPSA) is 65.7 Å². The van der Waals surface area contributed by atoms with Gasteiger partial charge in [0, 0.05) is 12.5 Å². The predicted molar refractivity (Wildman–Crippen MR) is 91.8 cm³/mol. The summed E-state index contributed by atoms with van der Waals surface area (Å²) in [4.78, 5) is 11.7. The van der Waals surface area contributed by atoms with Gasteiger partial charge in [-0.15, -0.1) is 5.10 Å². The van der Waals surface area contributed by atoms with E-state index in [4.69, 9.17) is 10.00 Å². The van der Waals surface area contributed by atoms with Gasteiger partial charge in [0.1, 0.15) is 6.61 Å². The first-order valence-electron chi connectivity index (χ1n) is 7.66. The second kappa shape index (κ2) is 9.11. The lowest BCUT2D eigenvalue weighted by atomic mass is 10.2. The van der Waals surface area contributed by atoms with Gasteiger partial charge in [0.15, 0.2) is 0 Å². The van der Waals surface area contributed by atoms with Crippen molar-refractivity contribution in [3.05, 3.63) is 71.8 Å². The zero-order chi connectivity index (χ0) is 17.2. The first-order valence-corrected chi connectivity index (χ1v) is 7.66. The number of hydrogen-bond acceptors (Lipinski definition) is 4. The number of amides is 1. The van der Waals surface area contributed by atoms with Crippen LogP contribution in [-0.2, 0) is 16.1 Å². The van der Waals surface area contributed by atoms with Crippen molar-refractivity contribution in [3.8, 4) is 6.07 Å². The molecule has 0 fully saturated rings. The fourth-order valence-corrected chi connectivity index (χ4v) is 2.02. The Balaban J connectivity index is 2.23. The molecule has 0 radical (unpaired) electrons. The van der Waals surface area contributed by atoms with E-state index in [1.165, 1.54) is 11.9 Å². The van der Waals surface area contributed by atoms with Crippen LogP contribution >= 0.6 is 0 Å². The summed E-state index contributed by atoms with van der Waals surface area (Å²) < 4.78 is 5.85. The molecule has 0 saturated heterocycles. The number of carbonyl (C=O) groups is 1. The van der Waals surface area contributed by atoms with Crippen molar-refractivity contribution >= 4 is 11.8 Å². The smallest absolute Gasteiger partial charge is 0.239 e. The van der Waals surface area contributed by atoms with Gasteiger partial charge in [-0.1, -0.05) is 48.5 Å². The van der Waals surface area contributed by atoms with Gasteiger partial charge in [0.25, 0.3) is 0 Å². The monoisotopic (exact) mass is 321 g/mol. The lowest BCUT2D eigenvalue weighted by Crippen LogP contribution is -2.26. The Morgan fingerprint density at radius 3 is 2.33 bits per heavy atom. The normalized spacial score (nSPS) is 10.8. The van der Waals surface area contributed by atoms with E-state index in [0.29, 0.717) is 12.5 Å². The van der Waals surface area contributed by atoms with E-state index in [0.717, 1.165) is 11.1 Å². The lowest BCUT2D eigenvalue weighted by Gasteiger charge is -2.17. The second-order valence-electron chi connectivity index (χ2n) is 5.10. The summed E-state index contributed by atoms with van der Waals surface area (Å²) in [6, 6.07) is 21.1. The van der Waals surface area contributed by atoms with Crippen molar-refractivity contribution in [2.24, 2.45) is 5.10 Å². The van der Waals surface area contributed by atoms with Crippen molar-refractivity contribution in [2.75, 3.05) is 6.54 Å². The zero-order valence-corrected chi connectivity index (χ0v) is 13.6. The zero-order valence-electron chi connectivity index (χ0n) is 13.6. The van der Waals surface area contributed by atoms with Crippen LogP contribution in [0.4, 0.5) is 0 Å². The molecule has 0 atom stereocenters. The Bertz CT molecular complexity index is 721. The van der Waals surface area contributed by atoms with Crippen molar-refractivity contribution < 1.29 is 9.53 Å². The fourth-order valence-electron chi connectivity index (χ4n) is 2.02. The van der Waals surface area contributed by atoms with Gasteiger partial charge in [-0.3, -0.25) is 4.79 Å². The number of ether oxygens (including phenoxy) is 1. The van der Waals surface area contributed by atoms with Crippen LogP contribution in [0.5, 0.6) is 0 Å². The summed E-state index contributed by atoms with van der Waals surface area (Å²) in [5.41, 5.74) is 1.78. The van der Waals surface area contributed by atoms with E-state index in [1.807, 2.05) is 66.7 Å². The Kier molecular flexibility index (Phi) is 6.54. The Labute approximate surface area is 141 Å². The number of nitriles is 1. The molecule has 0 spiro atoms. The number of hydrazone groups is 1. The fraction of sp³-hybridized carbons (Fsp3) is 0.211. The van der Waals surface area contributed by atoms with Crippen LogP contribution in [0.15, 0.2) is 65.8 Å². The molecule has 0 N–H and O–H groups in total. The summed E-state index contributed by atoms with van der Waals surface area (Å²) >= 11 is 0. The van der Waals surface area contributed by atoms with Gasteiger partial charge < -0.3 is 4.74 Å². The summed E-state index contributed by atoms with van der Waals surface area (Å²) in [7, 11) is 0. The number of benzene rings is 2. The molecule has 2 aromatic rings. The molecule has 5 nitrogen and oxygen atoms in total. The van der Waals surface area contributed by atoms with Gasteiger partial charge in [-0.25, -0.2) is 5.01 Å². The van der Waals surface area contributed by atoms with Crippen molar-refractivity contribution in [1.29, 1.82) is 5.26 Å². The molecule has 1 amide bonds. The molecule has 5 heteroatoms. The van der Waals surface area contributed by atoms with Crippen molar-refractivity contribution in [2.45, 2.75) is 20.0 Å².